The minimum Gasteiger partial charge on any atom is -0.461 e. The highest BCUT2D eigenvalue weighted by Crippen LogP contribution is 1.95. The number of carbonyl (C=O) groups excluding carboxylic acids is 1. The molecule has 64 valence electrons. The van der Waals surface area contributed by atoms with Gasteiger partial charge in [0.15, 0.2) is 0 Å². The second-order valence-electron chi connectivity index (χ2n) is 2.16. The molecule has 0 aliphatic carbocycles. The van der Waals surface area contributed by atoms with Crippen molar-refractivity contribution in [3.63, 3.8) is 0 Å². The lowest BCUT2D eigenvalue weighted by molar-refractivity contribution is -0.140. The Morgan fingerprint density at radius 3 is 2.45 bits per heavy atom. The lowest BCUT2D eigenvalue weighted by atomic mass is 10.3. The molecule has 0 aromatic rings. The molecule has 0 bridgehead atoms. The fourth-order valence-corrected chi connectivity index (χ4v) is 0.588. The molecule has 0 N–H and O–H groups in total. The third-order valence-corrected chi connectivity index (χ3v) is 1.20. The molecule has 0 unspecified atom stereocenters. The first-order chi connectivity index (χ1) is 5.20. The molecule has 0 saturated heterocycles. The Kier molecular flexibility index (Phi) is 5.47. The fourth-order valence-electron chi connectivity index (χ4n) is 0.588. The van der Waals surface area contributed by atoms with Gasteiger partial charge < -0.3 is 9.47 Å². The summed E-state index contributed by atoms with van der Waals surface area (Å²) in [4.78, 5) is 10.4. The molecule has 0 amide bonds. The van der Waals surface area contributed by atoms with Crippen molar-refractivity contribution in [2.75, 3.05) is 20.3 Å². The molecule has 3 heteroatoms. The SMILES string of the molecule is CC=C(COC)COC(C)=O. The number of esters is 1. The van der Waals surface area contributed by atoms with Crippen LogP contribution in [0.1, 0.15) is 13.8 Å². The highest BCUT2D eigenvalue weighted by atomic mass is 16.5. The van der Waals surface area contributed by atoms with Gasteiger partial charge in [-0.3, -0.25) is 4.79 Å². The van der Waals surface area contributed by atoms with Crippen LogP contribution >= 0.6 is 0 Å². The number of allylic oxidation sites excluding steroid dienone is 1. The van der Waals surface area contributed by atoms with E-state index in [2.05, 4.69) is 0 Å². The third kappa shape index (κ3) is 5.61. The second-order valence-corrected chi connectivity index (χ2v) is 2.16. The van der Waals surface area contributed by atoms with Gasteiger partial charge in [-0.15, -0.1) is 0 Å². The van der Waals surface area contributed by atoms with E-state index in [1.54, 1.807) is 7.11 Å². The van der Waals surface area contributed by atoms with Crippen LogP contribution in [-0.4, -0.2) is 26.3 Å². The topological polar surface area (TPSA) is 35.5 Å². The van der Waals surface area contributed by atoms with E-state index in [-0.39, 0.29) is 5.97 Å². The lowest BCUT2D eigenvalue weighted by Crippen LogP contribution is -2.06. The van der Waals surface area contributed by atoms with Crippen molar-refractivity contribution in [1.82, 2.24) is 0 Å². The van der Waals surface area contributed by atoms with Gasteiger partial charge in [-0.25, -0.2) is 0 Å². The minimum atomic E-state index is -0.263. The Labute approximate surface area is 67.0 Å². The van der Waals surface area contributed by atoms with Crippen LogP contribution < -0.4 is 0 Å². The number of rotatable bonds is 4. The Morgan fingerprint density at radius 2 is 2.09 bits per heavy atom. The maximum absolute atomic E-state index is 10.4. The van der Waals surface area contributed by atoms with Crippen LogP contribution in [0.2, 0.25) is 0 Å². The first kappa shape index (κ1) is 10.2. The van der Waals surface area contributed by atoms with Crippen molar-refractivity contribution < 1.29 is 14.3 Å². The summed E-state index contributed by atoms with van der Waals surface area (Å²) in [6.45, 7) is 4.13. The average molecular weight is 158 g/mol. The van der Waals surface area contributed by atoms with Crippen molar-refractivity contribution in [2.45, 2.75) is 13.8 Å². The summed E-state index contributed by atoms with van der Waals surface area (Å²) < 4.78 is 9.63. The van der Waals surface area contributed by atoms with Crippen LogP contribution in [0.4, 0.5) is 0 Å². The molecule has 0 aromatic heterocycles. The normalized spacial score (nSPS) is 11.4. The molecule has 3 nitrogen and oxygen atoms in total. The fraction of sp³-hybridized carbons (Fsp3) is 0.625. The Bertz CT molecular complexity index is 149. The molecule has 0 aliphatic rings. The number of hydrogen-bond donors (Lipinski definition) is 0. The van der Waals surface area contributed by atoms with Crippen LogP contribution in [0.15, 0.2) is 11.6 Å². The van der Waals surface area contributed by atoms with Gasteiger partial charge in [0.2, 0.25) is 0 Å². The summed E-state index contributed by atoms with van der Waals surface area (Å²) in [7, 11) is 1.61. The largest absolute Gasteiger partial charge is 0.461 e. The van der Waals surface area contributed by atoms with E-state index >= 15 is 0 Å². The maximum Gasteiger partial charge on any atom is 0.302 e. The van der Waals surface area contributed by atoms with Gasteiger partial charge in [-0.1, -0.05) is 6.08 Å². The second kappa shape index (κ2) is 5.92. The van der Waals surface area contributed by atoms with Gasteiger partial charge in [-0.2, -0.15) is 0 Å². The molecule has 0 atom stereocenters. The minimum absolute atomic E-state index is 0.263. The van der Waals surface area contributed by atoms with E-state index in [1.165, 1.54) is 6.92 Å². The Hall–Kier alpha value is -0.830. The Morgan fingerprint density at radius 1 is 1.45 bits per heavy atom. The highest BCUT2D eigenvalue weighted by Gasteiger charge is 1.97. The zero-order valence-corrected chi connectivity index (χ0v) is 7.22. The summed E-state index contributed by atoms with van der Waals surface area (Å²) in [6.07, 6.45) is 1.88. The summed E-state index contributed by atoms with van der Waals surface area (Å²) in [5.41, 5.74) is 0.975. The first-order valence-corrected chi connectivity index (χ1v) is 3.47. The monoisotopic (exact) mass is 158 g/mol. The number of hydrogen-bond acceptors (Lipinski definition) is 3. The van der Waals surface area contributed by atoms with Crippen LogP contribution in [0.3, 0.4) is 0 Å². The van der Waals surface area contributed by atoms with E-state index in [1.807, 2.05) is 13.0 Å². The van der Waals surface area contributed by atoms with Crippen LogP contribution in [0.5, 0.6) is 0 Å². The zero-order valence-electron chi connectivity index (χ0n) is 7.22. The van der Waals surface area contributed by atoms with Crippen molar-refractivity contribution in [1.29, 1.82) is 0 Å². The van der Waals surface area contributed by atoms with E-state index in [0.717, 1.165) is 5.57 Å². The molecule has 0 fully saturated rings. The van der Waals surface area contributed by atoms with E-state index in [0.29, 0.717) is 13.2 Å². The van der Waals surface area contributed by atoms with Gasteiger partial charge in [-0.05, 0) is 12.5 Å². The smallest absolute Gasteiger partial charge is 0.302 e. The van der Waals surface area contributed by atoms with Gasteiger partial charge in [0.05, 0.1) is 6.61 Å². The van der Waals surface area contributed by atoms with E-state index in [4.69, 9.17) is 9.47 Å². The summed E-state index contributed by atoms with van der Waals surface area (Å²) >= 11 is 0. The summed E-state index contributed by atoms with van der Waals surface area (Å²) in [5.74, 6) is -0.263. The highest BCUT2D eigenvalue weighted by molar-refractivity contribution is 5.66. The summed E-state index contributed by atoms with van der Waals surface area (Å²) in [6, 6.07) is 0. The van der Waals surface area contributed by atoms with Crippen LogP contribution in [-0.2, 0) is 14.3 Å². The standard InChI is InChI=1S/C8H14O3/c1-4-8(5-10-3)6-11-7(2)9/h4H,5-6H2,1-3H3. The number of carbonyl (C=O) groups is 1. The zero-order chi connectivity index (χ0) is 8.69. The summed E-state index contributed by atoms with van der Waals surface area (Å²) in [5, 5.41) is 0. The van der Waals surface area contributed by atoms with Crippen molar-refractivity contribution >= 4 is 5.97 Å². The number of ether oxygens (including phenoxy) is 2. The first-order valence-electron chi connectivity index (χ1n) is 3.47. The van der Waals surface area contributed by atoms with Gasteiger partial charge >= 0.3 is 5.97 Å². The molecule has 0 saturated carbocycles. The lowest BCUT2D eigenvalue weighted by Gasteiger charge is -2.04. The van der Waals surface area contributed by atoms with Gasteiger partial charge in [0.1, 0.15) is 6.61 Å². The van der Waals surface area contributed by atoms with Crippen LogP contribution in [0, 0.1) is 0 Å². The molecular weight excluding hydrogens is 144 g/mol. The average Bonchev–Trinajstić information content (AvgIpc) is 1.97. The Balaban J connectivity index is 3.62. The van der Waals surface area contributed by atoms with Crippen molar-refractivity contribution in [2.24, 2.45) is 0 Å². The molecule has 0 rings (SSSR count). The maximum atomic E-state index is 10.4. The van der Waals surface area contributed by atoms with Crippen molar-refractivity contribution in [3.05, 3.63) is 11.6 Å². The van der Waals surface area contributed by atoms with E-state index in [9.17, 15) is 4.79 Å². The molecular formula is C8H14O3. The molecule has 0 aromatic carbocycles. The molecule has 0 spiro atoms. The van der Waals surface area contributed by atoms with E-state index < -0.39 is 0 Å². The number of methoxy groups -OCH3 is 1. The molecule has 0 heterocycles. The van der Waals surface area contributed by atoms with Gasteiger partial charge in [0, 0.05) is 14.0 Å². The van der Waals surface area contributed by atoms with Crippen molar-refractivity contribution in [3.8, 4) is 0 Å². The predicted octanol–water partition coefficient (Wildman–Crippen LogP) is 1.14. The van der Waals surface area contributed by atoms with Crippen LogP contribution in [0.25, 0.3) is 0 Å². The molecule has 0 aliphatic heterocycles. The molecule has 11 heavy (non-hydrogen) atoms. The third-order valence-electron chi connectivity index (χ3n) is 1.20. The molecule has 0 radical (unpaired) electrons. The predicted molar refractivity (Wildman–Crippen MR) is 42.3 cm³/mol. The quantitative estimate of drug-likeness (QED) is 0.454. The van der Waals surface area contributed by atoms with Gasteiger partial charge in [0.25, 0.3) is 0 Å².